The maximum atomic E-state index is 6.50. The van der Waals surface area contributed by atoms with E-state index in [0.29, 0.717) is 5.82 Å². The van der Waals surface area contributed by atoms with Gasteiger partial charge in [-0.2, -0.15) is 0 Å². The zero-order valence-corrected chi connectivity index (χ0v) is 21.9. The first kappa shape index (κ1) is 24.2. The second-order valence-corrected chi connectivity index (χ2v) is 13.3. The highest BCUT2D eigenvalue weighted by atomic mass is 14.8. The number of nitrogens with zero attached hydrogens (tertiary/aromatic N) is 2. The van der Waals surface area contributed by atoms with E-state index in [4.69, 9.17) is 7.85 Å². The normalized spacial score (nSPS) is 46.1. The molecular formula is C32H47BN2. The first-order valence-electron chi connectivity index (χ1n) is 15.3. The van der Waals surface area contributed by atoms with Crippen LogP contribution in [0.15, 0.2) is 33.8 Å². The highest BCUT2D eigenvalue weighted by Crippen LogP contribution is 2.50. The number of allylic oxidation sites excluding steroid dienone is 4. The van der Waals surface area contributed by atoms with E-state index < -0.39 is 0 Å². The number of aliphatic imine (C=N–C) groups is 2. The van der Waals surface area contributed by atoms with Gasteiger partial charge in [-0.15, -0.1) is 0 Å². The summed E-state index contributed by atoms with van der Waals surface area (Å²) >= 11 is 0. The SMILES string of the molecule is [B]C1CCCC(C2=CC(C3C=CCC(C4C=NCC4)C3)CC(C3CCCC(C4CC=NC4)C3)C2)C1. The maximum Gasteiger partial charge on any atom is 0.0699 e. The molecule has 2 saturated carbocycles. The smallest absolute Gasteiger partial charge is 0.0699 e. The van der Waals surface area contributed by atoms with Gasteiger partial charge in [0.05, 0.1) is 7.85 Å². The van der Waals surface area contributed by atoms with Crippen LogP contribution >= 0.6 is 0 Å². The van der Waals surface area contributed by atoms with Crippen molar-refractivity contribution in [3.8, 4) is 0 Å². The second kappa shape index (κ2) is 11.1. The van der Waals surface area contributed by atoms with E-state index in [1.54, 1.807) is 0 Å². The van der Waals surface area contributed by atoms with Crippen LogP contribution in [0.3, 0.4) is 0 Å². The van der Waals surface area contributed by atoms with Crippen molar-refractivity contribution < 1.29 is 0 Å². The summed E-state index contributed by atoms with van der Waals surface area (Å²) in [6.07, 6.45) is 31.5. The molecule has 2 radical (unpaired) electrons. The predicted molar refractivity (Wildman–Crippen MR) is 149 cm³/mol. The average Bonchev–Trinajstić information content (AvgIpc) is 3.64. The number of rotatable bonds is 5. The minimum absolute atomic E-state index is 0.426. The minimum atomic E-state index is 0.426. The molecule has 4 aliphatic carbocycles. The number of hydrogen-bond acceptors (Lipinski definition) is 2. The molecule has 10 unspecified atom stereocenters. The minimum Gasteiger partial charge on any atom is -0.297 e. The molecule has 0 amide bonds. The van der Waals surface area contributed by atoms with Gasteiger partial charge in [-0.1, -0.05) is 68.1 Å². The molecule has 2 heterocycles. The van der Waals surface area contributed by atoms with E-state index in [1.165, 1.54) is 89.9 Å². The zero-order chi connectivity index (χ0) is 23.6. The van der Waals surface area contributed by atoms with E-state index in [-0.39, 0.29) is 0 Å². The summed E-state index contributed by atoms with van der Waals surface area (Å²) in [7, 11) is 6.50. The summed E-state index contributed by atoms with van der Waals surface area (Å²) in [5.74, 6) is 7.81. The highest BCUT2D eigenvalue weighted by Gasteiger charge is 2.39. The van der Waals surface area contributed by atoms with Gasteiger partial charge >= 0.3 is 0 Å². The molecule has 2 fully saturated rings. The van der Waals surface area contributed by atoms with Crippen LogP contribution in [0, 0.1) is 53.3 Å². The van der Waals surface area contributed by atoms with Crippen LogP contribution < -0.4 is 0 Å². The predicted octanol–water partition coefficient (Wildman–Crippen LogP) is 7.66. The summed E-state index contributed by atoms with van der Waals surface area (Å²) in [5, 5.41) is 0. The Balaban J connectivity index is 1.19. The Hall–Kier alpha value is -1.12. The van der Waals surface area contributed by atoms with Crippen LogP contribution in [-0.4, -0.2) is 33.4 Å². The quantitative estimate of drug-likeness (QED) is 0.291. The van der Waals surface area contributed by atoms with Crippen molar-refractivity contribution in [1.29, 1.82) is 0 Å². The van der Waals surface area contributed by atoms with Crippen LogP contribution in [0.2, 0.25) is 5.82 Å². The van der Waals surface area contributed by atoms with E-state index in [0.717, 1.165) is 66.4 Å². The van der Waals surface area contributed by atoms with Gasteiger partial charge in [0, 0.05) is 19.3 Å². The van der Waals surface area contributed by atoms with Gasteiger partial charge in [-0.05, 0) is 111 Å². The average molecular weight is 471 g/mol. The fourth-order valence-electron chi connectivity index (χ4n) is 9.12. The summed E-state index contributed by atoms with van der Waals surface area (Å²) in [6.45, 7) is 2.16. The van der Waals surface area contributed by atoms with Gasteiger partial charge in [0.25, 0.3) is 0 Å². The molecule has 6 aliphatic rings. The largest absolute Gasteiger partial charge is 0.297 e. The van der Waals surface area contributed by atoms with Crippen molar-refractivity contribution in [3.63, 3.8) is 0 Å². The van der Waals surface area contributed by atoms with Crippen LogP contribution in [0.1, 0.15) is 89.9 Å². The molecular weight excluding hydrogens is 423 g/mol. The third-order valence-corrected chi connectivity index (χ3v) is 11.1. The van der Waals surface area contributed by atoms with Crippen molar-refractivity contribution in [2.75, 3.05) is 13.1 Å². The zero-order valence-electron chi connectivity index (χ0n) is 21.9. The van der Waals surface area contributed by atoms with Gasteiger partial charge in [0.15, 0.2) is 0 Å². The van der Waals surface area contributed by atoms with Crippen molar-refractivity contribution in [3.05, 3.63) is 23.8 Å². The molecule has 0 saturated heterocycles. The van der Waals surface area contributed by atoms with E-state index in [1.807, 2.05) is 5.57 Å². The first-order chi connectivity index (χ1) is 17.2. The molecule has 35 heavy (non-hydrogen) atoms. The molecule has 0 aromatic heterocycles. The number of hydrogen-bond donors (Lipinski definition) is 0. The molecule has 2 nitrogen and oxygen atoms in total. The van der Waals surface area contributed by atoms with Crippen molar-refractivity contribution in [1.82, 2.24) is 0 Å². The molecule has 0 aromatic rings. The third-order valence-electron chi connectivity index (χ3n) is 11.1. The van der Waals surface area contributed by atoms with Gasteiger partial charge < -0.3 is 0 Å². The van der Waals surface area contributed by atoms with Gasteiger partial charge in [-0.25, -0.2) is 0 Å². The Bertz CT molecular complexity index is 835. The Morgan fingerprint density at radius 1 is 0.714 bits per heavy atom. The first-order valence-corrected chi connectivity index (χ1v) is 15.3. The fourth-order valence-corrected chi connectivity index (χ4v) is 9.12. The highest BCUT2D eigenvalue weighted by molar-refractivity contribution is 6.11. The molecule has 2 aliphatic heterocycles. The summed E-state index contributed by atoms with van der Waals surface area (Å²) in [4.78, 5) is 9.20. The van der Waals surface area contributed by atoms with Crippen LogP contribution in [0.4, 0.5) is 0 Å². The molecule has 0 aromatic carbocycles. The molecule has 0 N–H and O–H groups in total. The van der Waals surface area contributed by atoms with E-state index in [2.05, 4.69) is 40.6 Å². The lowest BCUT2D eigenvalue weighted by Gasteiger charge is -2.44. The monoisotopic (exact) mass is 470 g/mol. The maximum absolute atomic E-state index is 6.50. The molecule has 0 spiro atoms. The Labute approximate surface area is 216 Å². The summed E-state index contributed by atoms with van der Waals surface area (Å²) in [5.41, 5.74) is 1.82. The van der Waals surface area contributed by atoms with Crippen molar-refractivity contribution in [2.24, 2.45) is 63.2 Å². The lowest BCUT2D eigenvalue weighted by molar-refractivity contribution is 0.127. The van der Waals surface area contributed by atoms with Gasteiger partial charge in [0.1, 0.15) is 0 Å². The molecule has 0 bridgehead atoms. The van der Waals surface area contributed by atoms with Crippen LogP contribution in [0.25, 0.3) is 0 Å². The Kier molecular flexibility index (Phi) is 7.68. The molecule has 6 rings (SSSR count). The fraction of sp³-hybridized carbons (Fsp3) is 0.812. The van der Waals surface area contributed by atoms with E-state index >= 15 is 0 Å². The lowest BCUT2D eigenvalue weighted by atomic mass is 9.60. The van der Waals surface area contributed by atoms with Gasteiger partial charge in [0.2, 0.25) is 0 Å². The van der Waals surface area contributed by atoms with Crippen molar-refractivity contribution in [2.45, 2.75) is 95.7 Å². The Morgan fingerprint density at radius 2 is 1.57 bits per heavy atom. The van der Waals surface area contributed by atoms with Gasteiger partial charge in [-0.3, -0.25) is 9.98 Å². The molecule has 188 valence electrons. The third kappa shape index (κ3) is 5.59. The van der Waals surface area contributed by atoms with Crippen molar-refractivity contribution >= 4 is 20.3 Å². The van der Waals surface area contributed by atoms with Crippen LogP contribution in [0.5, 0.6) is 0 Å². The van der Waals surface area contributed by atoms with E-state index in [9.17, 15) is 0 Å². The molecule has 10 atom stereocenters. The summed E-state index contributed by atoms with van der Waals surface area (Å²) in [6, 6.07) is 0. The second-order valence-electron chi connectivity index (χ2n) is 13.3. The lowest BCUT2D eigenvalue weighted by Crippen LogP contribution is -2.33. The van der Waals surface area contributed by atoms with Crippen LogP contribution in [-0.2, 0) is 0 Å². The topological polar surface area (TPSA) is 24.7 Å². The molecule has 3 heteroatoms. The Morgan fingerprint density at radius 3 is 2.37 bits per heavy atom. The standard InChI is InChI=1S/C32H47BN2/c33-32-9-3-8-26(19-32)31-17-29(24-6-1-4-22(14-24)27-10-12-34-20-27)16-30(18-31)25-7-2-5-23(15-25)28-11-13-35-21-28/h1,6,13,17,20,22-30,32H,2-5,7-12,14-16,18-19,21H2. The summed E-state index contributed by atoms with van der Waals surface area (Å²) < 4.78 is 0.